The molecule has 1 heterocycles. The summed E-state index contributed by atoms with van der Waals surface area (Å²) in [5.41, 5.74) is 7.25. The SMILES string of the molecule is Nc1ccc(O)c2c1CN(O)C=N2. The Labute approximate surface area is 74.7 Å². The van der Waals surface area contributed by atoms with Crippen LogP contribution in [0.5, 0.6) is 5.75 Å². The number of phenols is 1. The third kappa shape index (κ3) is 1.19. The molecule has 4 N–H and O–H groups in total. The summed E-state index contributed by atoms with van der Waals surface area (Å²) in [6, 6.07) is 3.07. The molecule has 0 aromatic heterocycles. The molecule has 5 nitrogen and oxygen atoms in total. The van der Waals surface area contributed by atoms with Crippen molar-refractivity contribution < 1.29 is 10.3 Å². The first-order valence-electron chi connectivity index (χ1n) is 3.78. The van der Waals surface area contributed by atoms with Crippen LogP contribution >= 0.6 is 0 Å². The van der Waals surface area contributed by atoms with Crippen molar-refractivity contribution in [1.82, 2.24) is 5.06 Å². The lowest BCUT2D eigenvalue weighted by Gasteiger charge is -2.19. The van der Waals surface area contributed by atoms with E-state index in [2.05, 4.69) is 4.99 Å². The van der Waals surface area contributed by atoms with E-state index in [-0.39, 0.29) is 12.3 Å². The highest BCUT2D eigenvalue weighted by molar-refractivity contribution is 5.75. The maximum Gasteiger partial charge on any atom is 0.141 e. The number of benzene rings is 1. The molecule has 0 saturated heterocycles. The molecular formula is C8H9N3O2. The third-order valence-electron chi connectivity index (χ3n) is 1.94. The third-order valence-corrected chi connectivity index (χ3v) is 1.94. The maximum atomic E-state index is 9.40. The van der Waals surface area contributed by atoms with Crippen LogP contribution in [0.1, 0.15) is 5.56 Å². The fourth-order valence-corrected chi connectivity index (χ4v) is 1.28. The van der Waals surface area contributed by atoms with Gasteiger partial charge in [0.25, 0.3) is 0 Å². The minimum atomic E-state index is 0.0774. The lowest BCUT2D eigenvalue weighted by atomic mass is 10.1. The summed E-state index contributed by atoms with van der Waals surface area (Å²) in [5, 5.41) is 19.4. The van der Waals surface area contributed by atoms with Crippen LogP contribution in [0.25, 0.3) is 0 Å². The van der Waals surface area contributed by atoms with Crippen molar-refractivity contribution in [2.45, 2.75) is 6.54 Å². The van der Waals surface area contributed by atoms with Crippen molar-refractivity contribution in [2.24, 2.45) is 4.99 Å². The van der Waals surface area contributed by atoms with Gasteiger partial charge in [0.05, 0.1) is 6.54 Å². The van der Waals surface area contributed by atoms with Crippen LogP contribution in [0, 0.1) is 0 Å². The topological polar surface area (TPSA) is 82.1 Å². The number of aromatic hydroxyl groups is 1. The standard InChI is InChI=1S/C8H9N3O2/c9-6-1-2-7(12)8-5(6)3-11(13)4-10-8/h1-2,4,12-13H,3,9H2. The van der Waals surface area contributed by atoms with E-state index in [9.17, 15) is 5.11 Å². The number of hydrogen-bond donors (Lipinski definition) is 3. The number of nitrogens with zero attached hydrogens (tertiary/aromatic N) is 2. The summed E-state index contributed by atoms with van der Waals surface area (Å²) < 4.78 is 0. The second kappa shape index (κ2) is 2.63. The Kier molecular flexibility index (Phi) is 1.60. The average Bonchev–Trinajstić information content (AvgIpc) is 2.12. The Hall–Kier alpha value is -1.75. The molecule has 1 aliphatic rings. The van der Waals surface area contributed by atoms with Gasteiger partial charge in [-0.3, -0.25) is 5.21 Å². The summed E-state index contributed by atoms with van der Waals surface area (Å²) in [6.45, 7) is 0.249. The van der Waals surface area contributed by atoms with E-state index in [1.54, 1.807) is 6.07 Å². The lowest BCUT2D eigenvalue weighted by molar-refractivity contribution is -0.0177. The van der Waals surface area contributed by atoms with Gasteiger partial charge in [0, 0.05) is 11.3 Å². The Bertz CT molecular complexity index is 376. The van der Waals surface area contributed by atoms with Gasteiger partial charge in [0.15, 0.2) is 0 Å². The van der Waals surface area contributed by atoms with Gasteiger partial charge in [-0.15, -0.1) is 0 Å². The molecule has 0 atom stereocenters. The molecule has 1 aromatic rings. The summed E-state index contributed by atoms with van der Waals surface area (Å²) in [5.74, 6) is 0.0774. The molecule has 0 saturated carbocycles. The van der Waals surface area contributed by atoms with Crippen LogP contribution < -0.4 is 5.73 Å². The van der Waals surface area contributed by atoms with E-state index >= 15 is 0 Å². The second-order valence-electron chi connectivity index (χ2n) is 2.84. The fourth-order valence-electron chi connectivity index (χ4n) is 1.28. The van der Waals surface area contributed by atoms with Crippen LogP contribution in [0.3, 0.4) is 0 Å². The molecular weight excluding hydrogens is 170 g/mol. The van der Waals surface area contributed by atoms with E-state index in [0.29, 0.717) is 16.9 Å². The molecule has 2 rings (SSSR count). The number of anilines is 1. The number of nitrogen functional groups attached to an aromatic ring is 1. The van der Waals surface area contributed by atoms with Gasteiger partial charge in [0.2, 0.25) is 0 Å². The van der Waals surface area contributed by atoms with E-state index in [0.717, 1.165) is 5.06 Å². The van der Waals surface area contributed by atoms with Gasteiger partial charge in [0.1, 0.15) is 17.8 Å². The predicted molar refractivity (Wildman–Crippen MR) is 48.0 cm³/mol. The van der Waals surface area contributed by atoms with Crippen LogP contribution in [0.15, 0.2) is 17.1 Å². The number of hydroxylamine groups is 2. The summed E-state index contributed by atoms with van der Waals surface area (Å²) >= 11 is 0. The summed E-state index contributed by atoms with van der Waals surface area (Å²) in [6.07, 6.45) is 1.24. The minimum Gasteiger partial charge on any atom is -0.506 e. The Morgan fingerprint density at radius 2 is 2.23 bits per heavy atom. The quantitative estimate of drug-likeness (QED) is 0.407. The van der Waals surface area contributed by atoms with Gasteiger partial charge in [-0.2, -0.15) is 0 Å². The van der Waals surface area contributed by atoms with Crippen molar-refractivity contribution >= 4 is 17.7 Å². The molecule has 0 spiro atoms. The number of aliphatic imine (C=N–C) groups is 1. The average molecular weight is 179 g/mol. The molecule has 0 radical (unpaired) electrons. The number of nitrogens with two attached hydrogens (primary N) is 1. The van der Waals surface area contributed by atoms with E-state index in [1.807, 2.05) is 0 Å². The smallest absolute Gasteiger partial charge is 0.141 e. The fraction of sp³-hybridized carbons (Fsp3) is 0.125. The van der Waals surface area contributed by atoms with Crippen molar-refractivity contribution in [3.05, 3.63) is 17.7 Å². The van der Waals surface area contributed by atoms with Crippen LogP contribution in [-0.2, 0) is 6.54 Å². The second-order valence-corrected chi connectivity index (χ2v) is 2.84. The zero-order chi connectivity index (χ0) is 9.42. The highest BCUT2D eigenvalue weighted by Crippen LogP contribution is 2.36. The first-order chi connectivity index (χ1) is 6.18. The van der Waals surface area contributed by atoms with E-state index in [4.69, 9.17) is 10.9 Å². The molecule has 13 heavy (non-hydrogen) atoms. The summed E-state index contributed by atoms with van der Waals surface area (Å²) in [7, 11) is 0. The van der Waals surface area contributed by atoms with E-state index < -0.39 is 0 Å². The molecule has 0 fully saturated rings. The molecule has 1 aliphatic heterocycles. The Balaban J connectivity index is 2.60. The molecule has 0 unspecified atom stereocenters. The highest BCUT2D eigenvalue weighted by atomic mass is 16.5. The first kappa shape index (κ1) is 7.88. The Morgan fingerprint density at radius 1 is 1.46 bits per heavy atom. The lowest BCUT2D eigenvalue weighted by Crippen LogP contribution is -2.20. The largest absolute Gasteiger partial charge is 0.506 e. The minimum absolute atomic E-state index is 0.0774. The van der Waals surface area contributed by atoms with Crippen molar-refractivity contribution in [3.63, 3.8) is 0 Å². The maximum absolute atomic E-state index is 9.40. The first-order valence-corrected chi connectivity index (χ1v) is 3.78. The van der Waals surface area contributed by atoms with Crippen LogP contribution in [-0.4, -0.2) is 21.7 Å². The number of rotatable bonds is 0. The van der Waals surface area contributed by atoms with Crippen molar-refractivity contribution in [3.8, 4) is 5.75 Å². The zero-order valence-electron chi connectivity index (χ0n) is 6.81. The van der Waals surface area contributed by atoms with Gasteiger partial charge in [-0.25, -0.2) is 10.1 Å². The van der Waals surface area contributed by atoms with Crippen LogP contribution in [0.2, 0.25) is 0 Å². The molecule has 0 aliphatic carbocycles. The molecule has 5 heteroatoms. The van der Waals surface area contributed by atoms with Gasteiger partial charge < -0.3 is 10.8 Å². The van der Waals surface area contributed by atoms with Crippen molar-refractivity contribution in [1.29, 1.82) is 0 Å². The normalized spacial score (nSPS) is 14.4. The van der Waals surface area contributed by atoms with Gasteiger partial charge >= 0.3 is 0 Å². The summed E-state index contributed by atoms with van der Waals surface area (Å²) in [4.78, 5) is 3.86. The number of fused-ring (bicyclic) bond motifs is 1. The van der Waals surface area contributed by atoms with Gasteiger partial charge in [-0.05, 0) is 12.1 Å². The molecule has 0 bridgehead atoms. The monoisotopic (exact) mass is 179 g/mol. The number of hydrogen-bond acceptors (Lipinski definition) is 5. The van der Waals surface area contributed by atoms with Crippen LogP contribution in [0.4, 0.5) is 11.4 Å². The van der Waals surface area contributed by atoms with E-state index in [1.165, 1.54) is 12.4 Å². The predicted octanol–water partition coefficient (Wildman–Crippen LogP) is 0.839. The molecule has 0 amide bonds. The molecule has 68 valence electrons. The highest BCUT2D eigenvalue weighted by Gasteiger charge is 2.16. The number of phenolic OH excluding ortho intramolecular Hbond substituents is 1. The van der Waals surface area contributed by atoms with Gasteiger partial charge in [-0.1, -0.05) is 0 Å². The Morgan fingerprint density at radius 3 is 3.00 bits per heavy atom. The molecule has 1 aromatic carbocycles. The van der Waals surface area contributed by atoms with Crippen molar-refractivity contribution in [2.75, 3.05) is 5.73 Å². The zero-order valence-corrected chi connectivity index (χ0v) is 6.81.